The van der Waals surface area contributed by atoms with Crippen molar-refractivity contribution in [3.63, 3.8) is 0 Å². The standard InChI is InChI=1S/C26H27FN8O/c1-3-34-8-10-35(11-9-34)15-18-4-7-23(29-14-18)33-25-20(13-28)26(31-16-30-25)36-22-6-5-21-19(24(22)27)12-17(2)32-21/h4-7,12,14,16,32H,3,8-11,15H2,1-2H3,(H,29,30,31,33). The molecule has 0 bridgehead atoms. The van der Waals surface area contributed by atoms with Gasteiger partial charge in [-0.1, -0.05) is 13.0 Å². The Bertz CT molecular complexity index is 1400. The fraction of sp³-hybridized carbons (Fsp3) is 0.308. The molecule has 1 aliphatic rings. The molecule has 0 aliphatic carbocycles. The van der Waals surface area contributed by atoms with Crippen LogP contribution in [0.25, 0.3) is 10.9 Å². The van der Waals surface area contributed by atoms with E-state index in [0.29, 0.717) is 16.7 Å². The zero-order valence-electron chi connectivity index (χ0n) is 20.3. The first-order chi connectivity index (χ1) is 17.5. The number of likely N-dealkylation sites (N-methyl/N-ethyl adjacent to an activating group) is 1. The fourth-order valence-electron chi connectivity index (χ4n) is 4.35. The minimum atomic E-state index is -0.526. The average molecular weight is 487 g/mol. The van der Waals surface area contributed by atoms with Gasteiger partial charge in [0.15, 0.2) is 22.9 Å². The van der Waals surface area contributed by atoms with Crippen LogP contribution in [0.2, 0.25) is 0 Å². The number of aromatic nitrogens is 4. The molecule has 1 aromatic carbocycles. The van der Waals surface area contributed by atoms with Crippen LogP contribution < -0.4 is 10.1 Å². The normalized spacial score (nSPS) is 14.6. The van der Waals surface area contributed by atoms with Gasteiger partial charge < -0.3 is 19.9 Å². The Balaban J connectivity index is 1.30. The molecular formula is C26H27FN8O. The number of rotatable bonds is 7. The summed E-state index contributed by atoms with van der Waals surface area (Å²) in [6.07, 6.45) is 3.09. The molecule has 1 saturated heterocycles. The zero-order valence-corrected chi connectivity index (χ0v) is 20.3. The van der Waals surface area contributed by atoms with Crippen molar-refractivity contribution >= 4 is 22.5 Å². The molecule has 184 valence electrons. The molecule has 3 aromatic heterocycles. The number of piperazine rings is 1. The van der Waals surface area contributed by atoms with E-state index < -0.39 is 5.82 Å². The van der Waals surface area contributed by atoms with E-state index in [2.05, 4.69) is 48.0 Å². The van der Waals surface area contributed by atoms with Crippen LogP contribution >= 0.6 is 0 Å². The van der Waals surface area contributed by atoms with E-state index in [1.807, 2.05) is 25.3 Å². The Kier molecular flexibility index (Phi) is 6.75. The molecule has 10 heteroatoms. The summed E-state index contributed by atoms with van der Waals surface area (Å²) in [6, 6.07) is 10.9. The molecular weight excluding hydrogens is 459 g/mol. The highest BCUT2D eigenvalue weighted by atomic mass is 19.1. The second-order valence-corrected chi connectivity index (χ2v) is 8.79. The Labute approximate surface area is 208 Å². The quantitative estimate of drug-likeness (QED) is 0.397. The van der Waals surface area contributed by atoms with Gasteiger partial charge in [-0.25, -0.2) is 19.3 Å². The lowest BCUT2D eigenvalue weighted by atomic mass is 10.2. The second kappa shape index (κ2) is 10.3. The number of hydrogen-bond acceptors (Lipinski definition) is 8. The Morgan fingerprint density at radius 1 is 1.11 bits per heavy atom. The summed E-state index contributed by atoms with van der Waals surface area (Å²) in [5, 5.41) is 13.3. The van der Waals surface area contributed by atoms with E-state index in [9.17, 15) is 9.65 Å². The van der Waals surface area contributed by atoms with Gasteiger partial charge in [-0.05, 0) is 43.3 Å². The van der Waals surface area contributed by atoms with Crippen molar-refractivity contribution in [3.05, 3.63) is 65.5 Å². The number of aryl methyl sites for hydroxylation is 1. The Morgan fingerprint density at radius 3 is 2.64 bits per heavy atom. The summed E-state index contributed by atoms with van der Waals surface area (Å²) < 4.78 is 20.7. The van der Waals surface area contributed by atoms with Crippen molar-refractivity contribution in [1.29, 1.82) is 5.26 Å². The summed E-state index contributed by atoms with van der Waals surface area (Å²) in [5.74, 6) is 0.180. The van der Waals surface area contributed by atoms with E-state index in [-0.39, 0.29) is 23.0 Å². The van der Waals surface area contributed by atoms with Gasteiger partial charge >= 0.3 is 0 Å². The first kappa shape index (κ1) is 23.7. The molecule has 9 nitrogen and oxygen atoms in total. The molecule has 2 N–H and O–H groups in total. The van der Waals surface area contributed by atoms with E-state index in [1.165, 1.54) is 12.4 Å². The van der Waals surface area contributed by atoms with Crippen molar-refractivity contribution in [3.8, 4) is 17.7 Å². The Hall–Kier alpha value is -4.07. The molecule has 4 heterocycles. The summed E-state index contributed by atoms with van der Waals surface area (Å²) in [6.45, 7) is 10.2. The number of nitrogens with one attached hydrogen (secondary N) is 2. The zero-order chi connectivity index (χ0) is 25.1. The molecule has 0 saturated carbocycles. The summed E-state index contributed by atoms with van der Waals surface area (Å²) >= 11 is 0. The predicted octanol–water partition coefficient (Wildman–Crippen LogP) is 4.35. The minimum absolute atomic E-state index is 0.0232. The van der Waals surface area contributed by atoms with Gasteiger partial charge in [0.25, 0.3) is 0 Å². The molecule has 0 unspecified atom stereocenters. The number of aromatic amines is 1. The van der Waals surface area contributed by atoms with Crippen LogP contribution in [0, 0.1) is 24.1 Å². The molecule has 0 spiro atoms. The summed E-state index contributed by atoms with van der Waals surface area (Å²) in [7, 11) is 0. The molecule has 1 fully saturated rings. The maximum atomic E-state index is 15.0. The number of hydrogen-bond donors (Lipinski definition) is 2. The largest absolute Gasteiger partial charge is 0.434 e. The topological polar surface area (TPSA) is 106 Å². The number of fused-ring (bicyclic) bond motifs is 1. The highest BCUT2D eigenvalue weighted by molar-refractivity contribution is 5.83. The van der Waals surface area contributed by atoms with Gasteiger partial charge in [0, 0.05) is 55.5 Å². The first-order valence-electron chi connectivity index (χ1n) is 11.9. The van der Waals surface area contributed by atoms with Crippen molar-refractivity contribution < 1.29 is 9.13 Å². The minimum Gasteiger partial charge on any atom is -0.434 e. The van der Waals surface area contributed by atoms with Crippen LogP contribution in [-0.2, 0) is 6.54 Å². The lowest BCUT2D eigenvalue weighted by Crippen LogP contribution is -2.45. The van der Waals surface area contributed by atoms with Crippen LogP contribution in [0.1, 0.15) is 23.7 Å². The van der Waals surface area contributed by atoms with Crippen LogP contribution in [0.5, 0.6) is 11.6 Å². The van der Waals surface area contributed by atoms with Crippen molar-refractivity contribution in [2.24, 2.45) is 0 Å². The maximum Gasteiger partial charge on any atom is 0.242 e. The van der Waals surface area contributed by atoms with Crippen LogP contribution in [0.3, 0.4) is 0 Å². The second-order valence-electron chi connectivity index (χ2n) is 8.79. The maximum absolute atomic E-state index is 15.0. The van der Waals surface area contributed by atoms with Crippen LogP contribution in [-0.4, -0.2) is 62.5 Å². The van der Waals surface area contributed by atoms with E-state index >= 15 is 0 Å². The SMILES string of the molecule is CCN1CCN(Cc2ccc(Nc3ncnc(Oc4ccc5[nH]c(C)cc5c4F)c3C#N)nc2)CC1. The highest BCUT2D eigenvalue weighted by Gasteiger charge is 2.18. The molecule has 0 radical (unpaired) electrons. The van der Waals surface area contributed by atoms with Gasteiger partial charge in [0.05, 0.1) is 0 Å². The van der Waals surface area contributed by atoms with Crippen molar-refractivity contribution in [2.45, 2.75) is 20.4 Å². The van der Waals surface area contributed by atoms with Crippen LogP contribution in [0.15, 0.2) is 42.9 Å². The smallest absolute Gasteiger partial charge is 0.242 e. The number of H-pyrrole nitrogens is 1. The fourth-order valence-corrected chi connectivity index (χ4v) is 4.35. The van der Waals surface area contributed by atoms with Gasteiger partial charge in [-0.15, -0.1) is 0 Å². The number of ether oxygens (including phenoxy) is 1. The number of benzene rings is 1. The van der Waals surface area contributed by atoms with Gasteiger partial charge in [0.1, 0.15) is 18.2 Å². The monoisotopic (exact) mass is 486 g/mol. The predicted molar refractivity (Wildman–Crippen MR) is 135 cm³/mol. The third-order valence-electron chi connectivity index (χ3n) is 6.36. The summed E-state index contributed by atoms with van der Waals surface area (Å²) in [4.78, 5) is 20.7. The molecule has 4 aromatic rings. The lowest BCUT2D eigenvalue weighted by Gasteiger charge is -2.33. The van der Waals surface area contributed by atoms with E-state index in [4.69, 9.17) is 4.74 Å². The number of nitrogens with zero attached hydrogens (tertiary/aromatic N) is 6. The van der Waals surface area contributed by atoms with E-state index in [0.717, 1.165) is 50.5 Å². The number of anilines is 2. The van der Waals surface area contributed by atoms with Gasteiger partial charge in [-0.3, -0.25) is 4.90 Å². The van der Waals surface area contributed by atoms with Crippen molar-refractivity contribution in [2.75, 3.05) is 38.0 Å². The van der Waals surface area contributed by atoms with Crippen LogP contribution in [0.4, 0.5) is 16.0 Å². The van der Waals surface area contributed by atoms with E-state index in [1.54, 1.807) is 12.1 Å². The molecule has 0 atom stereocenters. The summed E-state index contributed by atoms with van der Waals surface area (Å²) in [5.41, 5.74) is 2.68. The first-order valence-corrected chi connectivity index (χ1v) is 11.9. The van der Waals surface area contributed by atoms with Gasteiger partial charge in [-0.2, -0.15) is 5.26 Å². The number of halogens is 1. The third-order valence-corrected chi connectivity index (χ3v) is 6.36. The average Bonchev–Trinajstić information content (AvgIpc) is 3.29. The Morgan fingerprint density at radius 2 is 1.92 bits per heavy atom. The van der Waals surface area contributed by atoms with Gasteiger partial charge in [0.2, 0.25) is 5.88 Å². The molecule has 0 amide bonds. The third kappa shape index (κ3) is 4.98. The lowest BCUT2D eigenvalue weighted by molar-refractivity contribution is 0.132. The molecule has 5 rings (SSSR count). The molecule has 1 aliphatic heterocycles. The number of pyridine rings is 1. The number of nitriles is 1. The molecule has 36 heavy (non-hydrogen) atoms. The van der Waals surface area contributed by atoms with Crippen molar-refractivity contribution in [1.82, 2.24) is 29.7 Å². The highest BCUT2D eigenvalue weighted by Crippen LogP contribution is 2.32.